The lowest BCUT2D eigenvalue weighted by Gasteiger charge is -2.34. The molecule has 2 fully saturated rings. The van der Waals surface area contributed by atoms with Crippen LogP contribution in [0.4, 0.5) is 0 Å². The lowest BCUT2D eigenvalue weighted by Crippen LogP contribution is -2.51. The van der Waals surface area contributed by atoms with Crippen LogP contribution in [0.2, 0.25) is 0 Å². The predicted molar refractivity (Wildman–Crippen MR) is 72.2 cm³/mol. The number of amides is 2. The Kier molecular flexibility index (Phi) is 3.73. The number of hydrogen-bond acceptors (Lipinski definition) is 4. The van der Waals surface area contributed by atoms with Gasteiger partial charge in [-0.05, 0) is 18.9 Å². The fraction of sp³-hybridized carbons (Fsp3) is 0.571. The van der Waals surface area contributed by atoms with E-state index < -0.39 is 0 Å². The zero-order chi connectivity index (χ0) is 13.9. The van der Waals surface area contributed by atoms with Crippen molar-refractivity contribution >= 4 is 11.8 Å². The summed E-state index contributed by atoms with van der Waals surface area (Å²) < 4.78 is 4.93. The van der Waals surface area contributed by atoms with Gasteiger partial charge in [-0.25, -0.2) is 0 Å². The molecule has 1 saturated heterocycles. The Morgan fingerprint density at radius 3 is 2.60 bits per heavy atom. The van der Waals surface area contributed by atoms with Crippen LogP contribution in [0, 0.1) is 0 Å². The van der Waals surface area contributed by atoms with Gasteiger partial charge in [-0.3, -0.25) is 14.5 Å². The zero-order valence-corrected chi connectivity index (χ0v) is 11.4. The molecule has 0 radical (unpaired) electrons. The van der Waals surface area contributed by atoms with Gasteiger partial charge in [-0.2, -0.15) is 0 Å². The molecule has 20 heavy (non-hydrogen) atoms. The summed E-state index contributed by atoms with van der Waals surface area (Å²) in [6.45, 7) is 3.22. The second kappa shape index (κ2) is 5.66. The highest BCUT2D eigenvalue weighted by Gasteiger charge is 2.26. The SMILES string of the molecule is O=C(CN1CCN(C(=O)c2ccoc2)CC1)NC1CC1. The molecule has 2 aliphatic rings. The smallest absolute Gasteiger partial charge is 0.257 e. The van der Waals surface area contributed by atoms with Crippen LogP contribution >= 0.6 is 0 Å². The van der Waals surface area contributed by atoms with Crippen molar-refractivity contribution in [2.75, 3.05) is 32.7 Å². The van der Waals surface area contributed by atoms with E-state index in [4.69, 9.17) is 4.42 Å². The quantitative estimate of drug-likeness (QED) is 0.860. The summed E-state index contributed by atoms with van der Waals surface area (Å²) in [5.74, 6) is 0.0999. The molecular weight excluding hydrogens is 258 g/mol. The fourth-order valence-corrected chi connectivity index (χ4v) is 2.38. The molecule has 0 atom stereocenters. The molecule has 1 aromatic heterocycles. The van der Waals surface area contributed by atoms with E-state index in [9.17, 15) is 9.59 Å². The molecule has 2 amide bonds. The Balaban J connectivity index is 1.44. The van der Waals surface area contributed by atoms with Crippen molar-refractivity contribution in [2.45, 2.75) is 18.9 Å². The van der Waals surface area contributed by atoms with Crippen LogP contribution in [-0.2, 0) is 4.79 Å². The highest BCUT2D eigenvalue weighted by Crippen LogP contribution is 2.18. The molecule has 1 aromatic rings. The molecule has 0 unspecified atom stereocenters. The van der Waals surface area contributed by atoms with Gasteiger partial charge in [0.05, 0.1) is 18.4 Å². The van der Waals surface area contributed by atoms with Crippen molar-refractivity contribution in [2.24, 2.45) is 0 Å². The van der Waals surface area contributed by atoms with Gasteiger partial charge < -0.3 is 14.6 Å². The van der Waals surface area contributed by atoms with E-state index >= 15 is 0 Å². The molecule has 1 aliphatic carbocycles. The van der Waals surface area contributed by atoms with E-state index in [1.165, 1.54) is 12.5 Å². The third-order valence-corrected chi connectivity index (χ3v) is 3.74. The van der Waals surface area contributed by atoms with E-state index in [0.29, 0.717) is 31.2 Å². The van der Waals surface area contributed by atoms with Crippen molar-refractivity contribution in [3.63, 3.8) is 0 Å². The summed E-state index contributed by atoms with van der Waals surface area (Å²) in [4.78, 5) is 27.7. The van der Waals surface area contributed by atoms with E-state index in [-0.39, 0.29) is 11.8 Å². The molecule has 1 aliphatic heterocycles. The van der Waals surface area contributed by atoms with Gasteiger partial charge in [-0.15, -0.1) is 0 Å². The fourth-order valence-electron chi connectivity index (χ4n) is 2.38. The highest BCUT2D eigenvalue weighted by molar-refractivity contribution is 5.93. The summed E-state index contributed by atoms with van der Waals surface area (Å²) in [5.41, 5.74) is 0.588. The number of piperazine rings is 1. The van der Waals surface area contributed by atoms with E-state index in [1.54, 1.807) is 11.0 Å². The van der Waals surface area contributed by atoms with Gasteiger partial charge >= 0.3 is 0 Å². The summed E-state index contributed by atoms with van der Waals surface area (Å²) in [6.07, 6.45) is 5.20. The van der Waals surface area contributed by atoms with Gasteiger partial charge in [0, 0.05) is 32.2 Å². The first-order valence-corrected chi connectivity index (χ1v) is 7.05. The minimum atomic E-state index is 0.000770. The zero-order valence-electron chi connectivity index (χ0n) is 11.4. The summed E-state index contributed by atoms with van der Waals surface area (Å²) >= 11 is 0. The Morgan fingerprint density at radius 2 is 2.00 bits per heavy atom. The van der Waals surface area contributed by atoms with Crippen LogP contribution < -0.4 is 5.32 Å². The Bertz CT molecular complexity index is 474. The van der Waals surface area contributed by atoms with Crippen molar-refractivity contribution in [1.29, 1.82) is 0 Å². The highest BCUT2D eigenvalue weighted by atomic mass is 16.3. The number of carbonyl (C=O) groups is 2. The molecule has 1 N–H and O–H groups in total. The molecule has 0 aromatic carbocycles. The summed E-state index contributed by atoms with van der Waals surface area (Å²) in [7, 11) is 0. The van der Waals surface area contributed by atoms with E-state index in [1.807, 2.05) is 0 Å². The number of nitrogens with one attached hydrogen (secondary N) is 1. The van der Waals surface area contributed by atoms with Crippen LogP contribution in [0.3, 0.4) is 0 Å². The van der Waals surface area contributed by atoms with Crippen LogP contribution in [-0.4, -0.2) is 60.4 Å². The van der Waals surface area contributed by atoms with Crippen LogP contribution in [0.25, 0.3) is 0 Å². The minimum Gasteiger partial charge on any atom is -0.472 e. The predicted octanol–water partition coefficient (Wildman–Crippen LogP) is 0.316. The lowest BCUT2D eigenvalue weighted by molar-refractivity contribution is -0.122. The maximum absolute atomic E-state index is 12.1. The first-order valence-electron chi connectivity index (χ1n) is 7.05. The summed E-state index contributed by atoms with van der Waals surface area (Å²) in [5, 5.41) is 2.98. The molecule has 6 nitrogen and oxygen atoms in total. The van der Waals surface area contributed by atoms with Gasteiger partial charge in [-0.1, -0.05) is 0 Å². The largest absolute Gasteiger partial charge is 0.472 e. The Labute approximate surface area is 117 Å². The third kappa shape index (κ3) is 3.19. The Hall–Kier alpha value is -1.82. The van der Waals surface area contributed by atoms with Crippen LogP contribution in [0.15, 0.2) is 23.0 Å². The molecule has 3 rings (SSSR count). The normalized spacial score (nSPS) is 19.9. The summed E-state index contributed by atoms with van der Waals surface area (Å²) in [6, 6.07) is 2.09. The molecular formula is C14H19N3O3. The molecule has 108 valence electrons. The maximum Gasteiger partial charge on any atom is 0.257 e. The van der Waals surface area contributed by atoms with Crippen LogP contribution in [0.5, 0.6) is 0 Å². The number of rotatable bonds is 4. The van der Waals surface area contributed by atoms with E-state index in [0.717, 1.165) is 25.9 Å². The van der Waals surface area contributed by atoms with Crippen LogP contribution in [0.1, 0.15) is 23.2 Å². The topological polar surface area (TPSA) is 65.8 Å². The maximum atomic E-state index is 12.1. The van der Waals surface area contributed by atoms with Gasteiger partial charge in [0.25, 0.3) is 5.91 Å². The number of furan rings is 1. The van der Waals surface area contributed by atoms with Gasteiger partial charge in [0.1, 0.15) is 6.26 Å². The number of carbonyl (C=O) groups excluding carboxylic acids is 2. The van der Waals surface area contributed by atoms with Gasteiger partial charge in [0.2, 0.25) is 5.91 Å². The van der Waals surface area contributed by atoms with Crippen molar-refractivity contribution in [3.8, 4) is 0 Å². The molecule has 0 bridgehead atoms. The Morgan fingerprint density at radius 1 is 1.25 bits per heavy atom. The second-order valence-electron chi connectivity index (χ2n) is 5.42. The third-order valence-electron chi connectivity index (χ3n) is 3.74. The molecule has 2 heterocycles. The van der Waals surface area contributed by atoms with E-state index in [2.05, 4.69) is 10.2 Å². The number of nitrogens with zero attached hydrogens (tertiary/aromatic N) is 2. The first kappa shape index (κ1) is 13.2. The second-order valence-corrected chi connectivity index (χ2v) is 5.42. The monoisotopic (exact) mass is 277 g/mol. The van der Waals surface area contributed by atoms with Crippen molar-refractivity contribution in [3.05, 3.63) is 24.2 Å². The average Bonchev–Trinajstić information content (AvgIpc) is 3.08. The van der Waals surface area contributed by atoms with Gasteiger partial charge in [0.15, 0.2) is 0 Å². The standard InChI is InChI=1S/C14H19N3O3/c18-13(15-12-1-2-12)9-16-4-6-17(7-5-16)14(19)11-3-8-20-10-11/h3,8,10,12H,1-2,4-7,9H2,(H,15,18). The molecule has 6 heteroatoms. The minimum absolute atomic E-state index is 0.000770. The number of hydrogen-bond donors (Lipinski definition) is 1. The first-order chi connectivity index (χ1) is 9.72. The van der Waals surface area contributed by atoms with Crippen molar-refractivity contribution < 1.29 is 14.0 Å². The average molecular weight is 277 g/mol. The molecule has 0 spiro atoms. The van der Waals surface area contributed by atoms with Crippen molar-refractivity contribution in [1.82, 2.24) is 15.1 Å². The molecule has 1 saturated carbocycles. The lowest BCUT2D eigenvalue weighted by atomic mass is 10.2.